The van der Waals surface area contributed by atoms with E-state index in [1.54, 1.807) is 0 Å². The second kappa shape index (κ2) is 7.66. The summed E-state index contributed by atoms with van der Waals surface area (Å²) in [6.45, 7) is 5.99. The highest BCUT2D eigenvalue weighted by atomic mass is 15.4. The number of nitrogens with zero attached hydrogens (tertiary/aromatic N) is 7. The molecule has 7 nitrogen and oxygen atoms in total. The maximum absolute atomic E-state index is 4.59. The summed E-state index contributed by atoms with van der Waals surface area (Å²) in [6.07, 6.45) is 6.12. The zero-order valence-electron chi connectivity index (χ0n) is 17.7. The number of rotatable bonds is 4. The van der Waals surface area contributed by atoms with E-state index in [0.29, 0.717) is 0 Å². The van der Waals surface area contributed by atoms with E-state index >= 15 is 0 Å². The van der Waals surface area contributed by atoms with Crippen molar-refractivity contribution < 1.29 is 0 Å². The van der Waals surface area contributed by atoms with Gasteiger partial charge in [0.25, 0.3) is 0 Å². The molecule has 7 heteroatoms. The maximum atomic E-state index is 4.59. The van der Waals surface area contributed by atoms with Crippen LogP contribution in [0, 0.1) is 6.92 Å². The van der Waals surface area contributed by atoms with Crippen LogP contribution in [0.15, 0.2) is 55.0 Å². The molecule has 0 saturated carbocycles. The highest BCUT2D eigenvalue weighted by Crippen LogP contribution is 2.28. The average molecular weight is 402 g/mol. The summed E-state index contributed by atoms with van der Waals surface area (Å²) < 4.78 is 3.78. The monoisotopic (exact) mass is 401 g/mol. The van der Waals surface area contributed by atoms with Gasteiger partial charge in [-0.25, -0.2) is 4.52 Å². The normalized spacial score (nSPS) is 18.3. The molecule has 0 amide bonds. The van der Waals surface area contributed by atoms with Crippen LogP contribution in [0.1, 0.15) is 22.9 Å². The third kappa shape index (κ3) is 3.62. The fourth-order valence-electron chi connectivity index (χ4n) is 4.25. The minimum atomic E-state index is 0.221. The molecule has 0 spiro atoms. The lowest BCUT2D eigenvalue weighted by atomic mass is 10.0. The quantitative estimate of drug-likeness (QED) is 0.526. The Morgan fingerprint density at radius 2 is 1.77 bits per heavy atom. The predicted octanol–water partition coefficient (Wildman–Crippen LogP) is 2.93. The van der Waals surface area contributed by atoms with E-state index in [1.165, 1.54) is 16.7 Å². The molecule has 154 valence electrons. The third-order valence-corrected chi connectivity index (χ3v) is 6.04. The Balaban J connectivity index is 1.40. The molecular formula is C23H27N7. The Labute approximate surface area is 176 Å². The molecule has 0 aliphatic carbocycles. The summed E-state index contributed by atoms with van der Waals surface area (Å²) in [5.41, 5.74) is 6.97. The second-order valence-corrected chi connectivity index (χ2v) is 8.34. The molecule has 4 aromatic rings. The fraction of sp³-hybridized carbons (Fsp3) is 0.348. The van der Waals surface area contributed by atoms with Crippen molar-refractivity contribution in [1.29, 1.82) is 0 Å². The van der Waals surface area contributed by atoms with Gasteiger partial charge in [0.1, 0.15) is 5.69 Å². The average Bonchev–Trinajstić information content (AvgIpc) is 3.35. The van der Waals surface area contributed by atoms with Crippen molar-refractivity contribution in [3.8, 4) is 11.1 Å². The summed E-state index contributed by atoms with van der Waals surface area (Å²) in [6, 6.07) is 13.1. The van der Waals surface area contributed by atoms with Gasteiger partial charge in [0, 0.05) is 56.7 Å². The number of fused-ring (bicyclic) bond motifs is 1. The first-order chi connectivity index (χ1) is 14.6. The Kier molecular flexibility index (Phi) is 4.84. The summed E-state index contributed by atoms with van der Waals surface area (Å²) in [5.74, 6) is 0. The van der Waals surface area contributed by atoms with Crippen LogP contribution in [0.5, 0.6) is 0 Å². The van der Waals surface area contributed by atoms with Gasteiger partial charge in [-0.15, -0.1) is 5.10 Å². The second-order valence-electron chi connectivity index (χ2n) is 8.34. The van der Waals surface area contributed by atoms with Gasteiger partial charge in [0.05, 0.1) is 17.8 Å². The van der Waals surface area contributed by atoms with Crippen LogP contribution >= 0.6 is 0 Å². The van der Waals surface area contributed by atoms with Crippen LogP contribution < -0.4 is 0 Å². The number of aryl methyl sites for hydroxylation is 2. The molecular weight excluding hydrogens is 374 g/mol. The molecule has 0 N–H and O–H groups in total. The Morgan fingerprint density at radius 1 is 0.967 bits per heavy atom. The summed E-state index contributed by atoms with van der Waals surface area (Å²) in [5, 5.41) is 13.3. The lowest BCUT2D eigenvalue weighted by molar-refractivity contribution is 0.0889. The van der Waals surface area contributed by atoms with Crippen molar-refractivity contribution in [2.75, 3.05) is 26.7 Å². The van der Waals surface area contributed by atoms with Crippen molar-refractivity contribution in [2.24, 2.45) is 7.05 Å². The van der Waals surface area contributed by atoms with E-state index in [0.717, 1.165) is 43.0 Å². The van der Waals surface area contributed by atoms with Crippen LogP contribution in [-0.4, -0.2) is 61.1 Å². The number of benzene rings is 1. The fourth-order valence-corrected chi connectivity index (χ4v) is 4.25. The zero-order valence-corrected chi connectivity index (χ0v) is 17.7. The number of pyridine rings is 1. The van der Waals surface area contributed by atoms with E-state index in [-0.39, 0.29) is 6.04 Å². The molecule has 0 unspecified atom stereocenters. The van der Waals surface area contributed by atoms with Gasteiger partial charge in [0.2, 0.25) is 0 Å². The lowest BCUT2D eigenvalue weighted by Gasteiger charge is -2.38. The van der Waals surface area contributed by atoms with E-state index < -0.39 is 0 Å². The van der Waals surface area contributed by atoms with Crippen LogP contribution in [0.2, 0.25) is 0 Å². The van der Waals surface area contributed by atoms with Crippen molar-refractivity contribution >= 4 is 5.52 Å². The van der Waals surface area contributed by atoms with Crippen LogP contribution in [0.4, 0.5) is 0 Å². The summed E-state index contributed by atoms with van der Waals surface area (Å²) >= 11 is 0. The van der Waals surface area contributed by atoms with Crippen LogP contribution in [0.25, 0.3) is 16.6 Å². The van der Waals surface area contributed by atoms with Gasteiger partial charge in [-0.1, -0.05) is 41.1 Å². The van der Waals surface area contributed by atoms with Crippen LogP contribution in [0.3, 0.4) is 0 Å². The SMILES string of the molecule is Cc1ccc(-c2ccc3c([C@H]4CN(Cc5cnn(C)c5)CCN4C)nnn3c2)cc1. The zero-order chi connectivity index (χ0) is 20.7. The molecule has 0 bridgehead atoms. The van der Waals surface area contributed by atoms with E-state index in [4.69, 9.17) is 0 Å². The molecule has 1 aromatic carbocycles. The van der Waals surface area contributed by atoms with Crippen molar-refractivity contribution in [3.05, 3.63) is 71.8 Å². The number of hydrogen-bond donors (Lipinski definition) is 0. The maximum Gasteiger partial charge on any atom is 0.109 e. The van der Waals surface area contributed by atoms with Crippen molar-refractivity contribution in [3.63, 3.8) is 0 Å². The predicted molar refractivity (Wildman–Crippen MR) is 117 cm³/mol. The van der Waals surface area contributed by atoms with Gasteiger partial charge in [-0.05, 0) is 25.6 Å². The molecule has 30 heavy (non-hydrogen) atoms. The molecule has 1 aliphatic rings. The van der Waals surface area contributed by atoms with E-state index in [2.05, 4.69) is 88.0 Å². The molecule has 5 rings (SSSR count). The Bertz CT molecular complexity index is 1160. The minimum Gasteiger partial charge on any atom is -0.296 e. The lowest BCUT2D eigenvalue weighted by Crippen LogP contribution is -2.46. The van der Waals surface area contributed by atoms with Crippen molar-refractivity contribution in [2.45, 2.75) is 19.5 Å². The molecule has 3 aromatic heterocycles. The van der Waals surface area contributed by atoms with Crippen LogP contribution in [-0.2, 0) is 13.6 Å². The molecule has 0 radical (unpaired) electrons. The van der Waals surface area contributed by atoms with Gasteiger partial charge in [-0.2, -0.15) is 5.10 Å². The number of aromatic nitrogens is 5. The molecule has 1 atom stereocenters. The highest BCUT2D eigenvalue weighted by Gasteiger charge is 2.29. The van der Waals surface area contributed by atoms with Gasteiger partial charge in [0.15, 0.2) is 0 Å². The highest BCUT2D eigenvalue weighted by molar-refractivity contribution is 5.66. The van der Waals surface area contributed by atoms with Gasteiger partial charge >= 0.3 is 0 Å². The number of hydrogen-bond acceptors (Lipinski definition) is 5. The number of likely N-dealkylation sites (N-methyl/N-ethyl adjacent to an activating group) is 1. The largest absolute Gasteiger partial charge is 0.296 e. The number of piperazine rings is 1. The summed E-state index contributed by atoms with van der Waals surface area (Å²) in [4.78, 5) is 4.87. The molecule has 1 saturated heterocycles. The molecule has 1 aliphatic heterocycles. The third-order valence-electron chi connectivity index (χ3n) is 6.04. The van der Waals surface area contributed by atoms with Gasteiger partial charge in [-0.3, -0.25) is 14.5 Å². The van der Waals surface area contributed by atoms with Crippen molar-refractivity contribution in [1.82, 2.24) is 34.4 Å². The van der Waals surface area contributed by atoms with E-state index in [1.807, 2.05) is 22.4 Å². The smallest absolute Gasteiger partial charge is 0.109 e. The first-order valence-electron chi connectivity index (χ1n) is 10.4. The van der Waals surface area contributed by atoms with E-state index in [9.17, 15) is 0 Å². The molecule has 4 heterocycles. The first kappa shape index (κ1) is 19.0. The Hall–Kier alpha value is -3.03. The minimum absolute atomic E-state index is 0.221. The first-order valence-corrected chi connectivity index (χ1v) is 10.4. The summed E-state index contributed by atoms with van der Waals surface area (Å²) in [7, 11) is 4.14. The topological polar surface area (TPSA) is 54.5 Å². The molecule has 1 fully saturated rings. The standard InChI is InChI=1S/C23H27N7/c1-17-4-6-19(7-5-17)20-8-9-21-23(25-26-30(21)15-20)22-16-29(11-10-27(22)2)14-18-12-24-28(3)13-18/h4-9,12-13,15,22H,10-11,14,16H2,1-3H3/t22-/m1/s1. The Morgan fingerprint density at radius 3 is 2.53 bits per heavy atom. The van der Waals surface area contributed by atoms with Gasteiger partial charge < -0.3 is 0 Å².